The zero-order valence-corrected chi connectivity index (χ0v) is 11.2. The van der Waals surface area contributed by atoms with Crippen molar-refractivity contribution in [3.63, 3.8) is 0 Å². The van der Waals surface area contributed by atoms with Crippen molar-refractivity contribution in [1.29, 1.82) is 0 Å². The highest BCUT2D eigenvalue weighted by molar-refractivity contribution is 5.51. The van der Waals surface area contributed by atoms with E-state index in [-0.39, 0.29) is 5.92 Å². The van der Waals surface area contributed by atoms with Gasteiger partial charge in [-0.2, -0.15) is 4.98 Å². The Morgan fingerprint density at radius 2 is 2.22 bits per heavy atom. The van der Waals surface area contributed by atoms with Crippen LogP contribution in [0.15, 0.2) is 21.3 Å². The first kappa shape index (κ1) is 12.8. The van der Waals surface area contributed by atoms with Crippen molar-refractivity contribution < 1.29 is 8.94 Å². The normalized spacial score (nSPS) is 14.7. The Morgan fingerprint density at radius 1 is 1.44 bits per heavy atom. The van der Waals surface area contributed by atoms with Gasteiger partial charge < -0.3 is 14.3 Å². The van der Waals surface area contributed by atoms with Gasteiger partial charge >= 0.3 is 0 Å². The van der Waals surface area contributed by atoms with Crippen LogP contribution in [-0.4, -0.2) is 23.2 Å². The second-order valence-corrected chi connectivity index (χ2v) is 4.48. The lowest BCUT2D eigenvalue weighted by atomic mass is 9.98. The Kier molecular flexibility index (Phi) is 3.81. The van der Waals surface area contributed by atoms with E-state index >= 15 is 0 Å². The highest BCUT2D eigenvalue weighted by Gasteiger charge is 2.24. The summed E-state index contributed by atoms with van der Waals surface area (Å²) in [6.45, 7) is 6.18. The minimum absolute atomic E-state index is 0.214. The molecule has 1 N–H and O–H groups in total. The van der Waals surface area contributed by atoms with Crippen LogP contribution < -0.4 is 5.32 Å². The lowest BCUT2D eigenvalue weighted by molar-refractivity contribution is 0.321. The predicted molar refractivity (Wildman–Crippen MR) is 68.3 cm³/mol. The summed E-state index contributed by atoms with van der Waals surface area (Å²) >= 11 is 0. The molecule has 2 aromatic rings. The molecule has 2 atom stereocenters. The molecule has 5 heteroatoms. The number of furan rings is 1. The third kappa shape index (κ3) is 2.31. The molecule has 0 aromatic carbocycles. The van der Waals surface area contributed by atoms with E-state index < -0.39 is 0 Å². The van der Waals surface area contributed by atoms with E-state index in [9.17, 15) is 0 Å². The molecule has 2 unspecified atom stereocenters. The molecular formula is C13H19N3O2. The zero-order valence-electron chi connectivity index (χ0n) is 11.2. The van der Waals surface area contributed by atoms with Crippen LogP contribution in [0.3, 0.4) is 0 Å². The monoisotopic (exact) mass is 249 g/mol. The SMILES string of the molecule is CCC(c1nc(-c2occc2C)no1)C(C)NC. The van der Waals surface area contributed by atoms with Crippen LogP contribution in [0.1, 0.15) is 37.6 Å². The molecule has 0 fully saturated rings. The van der Waals surface area contributed by atoms with Crippen molar-refractivity contribution in [3.8, 4) is 11.6 Å². The van der Waals surface area contributed by atoms with Gasteiger partial charge in [-0.15, -0.1) is 0 Å². The second-order valence-electron chi connectivity index (χ2n) is 4.48. The number of hydrogen-bond acceptors (Lipinski definition) is 5. The van der Waals surface area contributed by atoms with Crippen molar-refractivity contribution in [2.24, 2.45) is 0 Å². The van der Waals surface area contributed by atoms with Crippen LogP contribution in [-0.2, 0) is 0 Å². The first-order chi connectivity index (χ1) is 8.67. The van der Waals surface area contributed by atoms with E-state index in [1.165, 1.54) is 0 Å². The predicted octanol–water partition coefficient (Wildman–Crippen LogP) is 2.74. The standard InChI is InChI=1S/C13H19N3O2/c1-5-10(9(3)14-4)13-15-12(16-18-13)11-8(2)6-7-17-11/h6-7,9-10,14H,5H2,1-4H3. The number of nitrogens with one attached hydrogen (secondary N) is 1. The highest BCUT2D eigenvalue weighted by Crippen LogP contribution is 2.26. The summed E-state index contributed by atoms with van der Waals surface area (Å²) in [5.41, 5.74) is 1.01. The van der Waals surface area contributed by atoms with Gasteiger partial charge in [-0.05, 0) is 38.9 Å². The number of aromatic nitrogens is 2. The van der Waals surface area contributed by atoms with Crippen molar-refractivity contribution in [2.75, 3.05) is 7.05 Å². The molecule has 2 heterocycles. The molecule has 0 aliphatic carbocycles. The van der Waals surface area contributed by atoms with Gasteiger partial charge in [0.05, 0.1) is 12.2 Å². The van der Waals surface area contributed by atoms with Crippen molar-refractivity contribution >= 4 is 0 Å². The van der Waals surface area contributed by atoms with Crippen molar-refractivity contribution in [1.82, 2.24) is 15.5 Å². The molecule has 0 aliphatic rings. The maximum absolute atomic E-state index is 5.36. The maximum atomic E-state index is 5.36. The Balaban J connectivity index is 2.27. The van der Waals surface area contributed by atoms with Crippen LogP contribution in [0.4, 0.5) is 0 Å². The van der Waals surface area contributed by atoms with Gasteiger partial charge in [0.2, 0.25) is 11.7 Å². The number of likely N-dealkylation sites (N-methyl/N-ethyl adjacent to an activating group) is 1. The third-order valence-corrected chi connectivity index (χ3v) is 3.32. The highest BCUT2D eigenvalue weighted by atomic mass is 16.5. The summed E-state index contributed by atoms with van der Waals surface area (Å²) in [7, 11) is 1.93. The molecule has 18 heavy (non-hydrogen) atoms. The summed E-state index contributed by atoms with van der Waals surface area (Å²) in [4.78, 5) is 4.44. The number of rotatable bonds is 5. The van der Waals surface area contributed by atoms with E-state index in [1.54, 1.807) is 6.26 Å². The first-order valence-corrected chi connectivity index (χ1v) is 6.22. The largest absolute Gasteiger partial charge is 0.461 e. The van der Waals surface area contributed by atoms with Gasteiger partial charge in [0, 0.05) is 6.04 Å². The number of aryl methyl sites for hydroxylation is 1. The van der Waals surface area contributed by atoms with Crippen molar-refractivity contribution in [2.45, 2.75) is 39.2 Å². The quantitative estimate of drug-likeness (QED) is 0.882. The molecule has 0 aliphatic heterocycles. The lowest BCUT2D eigenvalue weighted by Gasteiger charge is -2.17. The Hall–Kier alpha value is -1.62. The van der Waals surface area contributed by atoms with Crippen LogP contribution in [0.25, 0.3) is 11.6 Å². The van der Waals surface area contributed by atoms with Crippen molar-refractivity contribution in [3.05, 3.63) is 23.8 Å². The summed E-state index contributed by atoms with van der Waals surface area (Å²) in [5.74, 6) is 2.07. The molecule has 0 bridgehead atoms. The Labute approximate surface area is 107 Å². The van der Waals surface area contributed by atoms with Gasteiger partial charge in [0.25, 0.3) is 0 Å². The molecule has 0 amide bonds. The number of nitrogens with zero attached hydrogens (tertiary/aromatic N) is 2. The van der Waals surface area contributed by atoms with E-state index in [4.69, 9.17) is 8.94 Å². The van der Waals surface area contributed by atoms with Gasteiger partial charge in [-0.25, -0.2) is 0 Å². The fraction of sp³-hybridized carbons (Fsp3) is 0.538. The summed E-state index contributed by atoms with van der Waals surface area (Å²) in [6, 6.07) is 2.18. The molecule has 0 saturated carbocycles. The molecule has 98 valence electrons. The molecule has 0 radical (unpaired) electrons. The van der Waals surface area contributed by atoms with Crippen LogP contribution in [0.5, 0.6) is 0 Å². The van der Waals surface area contributed by atoms with Crippen LogP contribution in [0.2, 0.25) is 0 Å². The van der Waals surface area contributed by atoms with E-state index in [0.29, 0.717) is 23.5 Å². The Morgan fingerprint density at radius 3 is 2.78 bits per heavy atom. The van der Waals surface area contributed by atoms with E-state index in [0.717, 1.165) is 12.0 Å². The zero-order chi connectivity index (χ0) is 13.1. The minimum atomic E-state index is 0.214. The number of hydrogen-bond donors (Lipinski definition) is 1. The third-order valence-electron chi connectivity index (χ3n) is 3.32. The van der Waals surface area contributed by atoms with Gasteiger partial charge in [-0.1, -0.05) is 12.1 Å². The van der Waals surface area contributed by atoms with Crippen LogP contribution in [0, 0.1) is 6.92 Å². The van der Waals surface area contributed by atoms with Gasteiger partial charge in [0.1, 0.15) is 0 Å². The lowest BCUT2D eigenvalue weighted by Crippen LogP contribution is -2.28. The molecular weight excluding hydrogens is 230 g/mol. The molecule has 5 nitrogen and oxygen atoms in total. The fourth-order valence-corrected chi connectivity index (χ4v) is 2.02. The first-order valence-electron chi connectivity index (χ1n) is 6.22. The van der Waals surface area contributed by atoms with Gasteiger partial charge in [-0.3, -0.25) is 0 Å². The maximum Gasteiger partial charge on any atom is 0.238 e. The summed E-state index contributed by atoms with van der Waals surface area (Å²) in [6.07, 6.45) is 2.58. The average molecular weight is 249 g/mol. The smallest absolute Gasteiger partial charge is 0.238 e. The average Bonchev–Trinajstić information content (AvgIpc) is 2.98. The summed E-state index contributed by atoms with van der Waals surface area (Å²) in [5, 5.41) is 7.22. The summed E-state index contributed by atoms with van der Waals surface area (Å²) < 4.78 is 10.7. The second kappa shape index (κ2) is 5.35. The molecule has 2 rings (SSSR count). The minimum Gasteiger partial charge on any atom is -0.461 e. The molecule has 0 spiro atoms. The molecule has 0 saturated heterocycles. The fourth-order valence-electron chi connectivity index (χ4n) is 2.02. The molecule has 2 aromatic heterocycles. The van der Waals surface area contributed by atoms with Gasteiger partial charge in [0.15, 0.2) is 5.76 Å². The van der Waals surface area contributed by atoms with Crippen LogP contribution >= 0.6 is 0 Å². The van der Waals surface area contributed by atoms with E-state index in [2.05, 4.69) is 29.3 Å². The Bertz CT molecular complexity index is 504. The topological polar surface area (TPSA) is 64.1 Å². The van der Waals surface area contributed by atoms with E-state index in [1.807, 2.05) is 20.0 Å².